The van der Waals surface area contributed by atoms with Crippen LogP contribution in [0, 0.1) is 0 Å². The summed E-state index contributed by atoms with van der Waals surface area (Å²) in [6.45, 7) is 1.38. The first-order valence-electron chi connectivity index (χ1n) is 10.4. The van der Waals surface area contributed by atoms with E-state index >= 15 is 0 Å². The Hall–Kier alpha value is -3.67. The summed E-state index contributed by atoms with van der Waals surface area (Å²) in [5, 5.41) is 0. The van der Waals surface area contributed by atoms with E-state index in [4.69, 9.17) is 15.5 Å². The van der Waals surface area contributed by atoms with E-state index < -0.39 is 5.91 Å². The summed E-state index contributed by atoms with van der Waals surface area (Å²) in [7, 11) is 0. The fourth-order valence-corrected chi connectivity index (χ4v) is 3.87. The number of pyridine rings is 1. The standard InChI is InChI=1S/C25H25N3O3/c26-25(30)19-8-4-7-18(15-19)22-12-5-13-23(27-22)20-9-6-14-28(16-20)24(29)17-31-21-10-2-1-3-11-21/h1-5,7-8,10-13,15,20H,6,9,14,16-17H2,(H2,26,30)/t20-/m0/s1. The molecule has 1 saturated heterocycles. The molecule has 1 aliphatic heterocycles. The molecule has 0 unspecified atom stereocenters. The second-order valence-electron chi connectivity index (χ2n) is 7.67. The monoisotopic (exact) mass is 415 g/mol. The molecule has 1 aromatic heterocycles. The summed E-state index contributed by atoms with van der Waals surface area (Å²) < 4.78 is 5.62. The number of nitrogens with zero attached hydrogens (tertiary/aromatic N) is 2. The fraction of sp³-hybridized carbons (Fsp3) is 0.240. The van der Waals surface area contributed by atoms with Gasteiger partial charge in [-0.15, -0.1) is 0 Å². The number of piperidine rings is 1. The summed E-state index contributed by atoms with van der Waals surface area (Å²) in [5.41, 5.74) is 8.44. The lowest BCUT2D eigenvalue weighted by molar-refractivity contribution is -0.134. The Morgan fingerprint density at radius 3 is 2.65 bits per heavy atom. The lowest BCUT2D eigenvalue weighted by Crippen LogP contribution is -2.41. The number of primary amides is 1. The van der Waals surface area contributed by atoms with Gasteiger partial charge in [0.05, 0.1) is 5.69 Å². The Morgan fingerprint density at radius 2 is 1.84 bits per heavy atom. The molecule has 6 nitrogen and oxygen atoms in total. The van der Waals surface area contributed by atoms with Crippen LogP contribution in [0.2, 0.25) is 0 Å². The number of hydrogen-bond acceptors (Lipinski definition) is 4. The molecule has 0 radical (unpaired) electrons. The smallest absolute Gasteiger partial charge is 0.260 e. The van der Waals surface area contributed by atoms with E-state index in [1.807, 2.05) is 59.5 Å². The van der Waals surface area contributed by atoms with Gasteiger partial charge in [-0.1, -0.05) is 36.4 Å². The van der Waals surface area contributed by atoms with Crippen molar-refractivity contribution in [3.8, 4) is 17.0 Å². The van der Waals surface area contributed by atoms with Crippen LogP contribution in [0.5, 0.6) is 5.75 Å². The van der Waals surface area contributed by atoms with E-state index in [-0.39, 0.29) is 18.4 Å². The second-order valence-corrected chi connectivity index (χ2v) is 7.67. The van der Waals surface area contributed by atoms with E-state index in [9.17, 15) is 9.59 Å². The predicted molar refractivity (Wildman–Crippen MR) is 119 cm³/mol. The predicted octanol–water partition coefficient (Wildman–Crippen LogP) is 3.63. The quantitative estimate of drug-likeness (QED) is 0.666. The first kappa shape index (κ1) is 20.6. The van der Waals surface area contributed by atoms with Crippen LogP contribution in [0.15, 0.2) is 72.8 Å². The average molecular weight is 415 g/mol. The molecule has 2 N–H and O–H groups in total. The summed E-state index contributed by atoms with van der Waals surface area (Å²) >= 11 is 0. The third kappa shape index (κ3) is 5.09. The number of carbonyl (C=O) groups is 2. The number of carbonyl (C=O) groups excluding carboxylic acids is 2. The summed E-state index contributed by atoms with van der Waals surface area (Å²) in [4.78, 5) is 30.9. The Balaban J connectivity index is 1.45. The molecule has 1 aliphatic rings. The lowest BCUT2D eigenvalue weighted by atomic mass is 9.93. The molecule has 1 fully saturated rings. The van der Waals surface area contributed by atoms with Crippen molar-refractivity contribution in [1.82, 2.24) is 9.88 Å². The van der Waals surface area contributed by atoms with Crippen LogP contribution in [0.25, 0.3) is 11.3 Å². The van der Waals surface area contributed by atoms with Crippen molar-refractivity contribution in [2.45, 2.75) is 18.8 Å². The molecule has 31 heavy (non-hydrogen) atoms. The third-order valence-corrected chi connectivity index (χ3v) is 5.51. The van der Waals surface area contributed by atoms with Gasteiger partial charge in [0.2, 0.25) is 5.91 Å². The highest BCUT2D eigenvalue weighted by Crippen LogP contribution is 2.28. The van der Waals surface area contributed by atoms with Crippen LogP contribution in [-0.2, 0) is 4.79 Å². The van der Waals surface area contributed by atoms with E-state index in [2.05, 4.69) is 0 Å². The molecule has 0 aliphatic carbocycles. The number of nitrogens with two attached hydrogens (primary N) is 1. The van der Waals surface area contributed by atoms with Crippen LogP contribution >= 0.6 is 0 Å². The summed E-state index contributed by atoms with van der Waals surface area (Å²) in [6, 6.07) is 22.4. The van der Waals surface area contributed by atoms with Crippen LogP contribution in [0.3, 0.4) is 0 Å². The normalized spacial score (nSPS) is 16.0. The van der Waals surface area contributed by atoms with Gasteiger partial charge >= 0.3 is 0 Å². The van der Waals surface area contributed by atoms with Crippen molar-refractivity contribution in [2.75, 3.05) is 19.7 Å². The second kappa shape index (κ2) is 9.43. The minimum absolute atomic E-state index is 0.0149. The fourth-order valence-electron chi connectivity index (χ4n) is 3.87. The Kier molecular flexibility index (Phi) is 6.26. The Bertz CT molecular complexity index is 1070. The van der Waals surface area contributed by atoms with Crippen molar-refractivity contribution in [1.29, 1.82) is 0 Å². The number of benzene rings is 2. The van der Waals surface area contributed by atoms with Crippen molar-refractivity contribution in [3.05, 3.63) is 84.1 Å². The van der Waals surface area contributed by atoms with Gasteiger partial charge in [-0.2, -0.15) is 0 Å². The van der Waals surface area contributed by atoms with Crippen molar-refractivity contribution >= 4 is 11.8 Å². The van der Waals surface area contributed by atoms with Gasteiger partial charge in [0.25, 0.3) is 5.91 Å². The molecule has 2 amide bonds. The first-order chi connectivity index (χ1) is 15.1. The van der Waals surface area contributed by atoms with Gasteiger partial charge in [0.15, 0.2) is 6.61 Å². The van der Waals surface area contributed by atoms with E-state index in [1.165, 1.54) is 0 Å². The highest BCUT2D eigenvalue weighted by molar-refractivity contribution is 5.94. The molecule has 2 heterocycles. The minimum atomic E-state index is -0.461. The molecule has 0 spiro atoms. The van der Waals surface area contributed by atoms with Crippen molar-refractivity contribution in [2.24, 2.45) is 5.73 Å². The first-order valence-corrected chi connectivity index (χ1v) is 10.4. The highest BCUT2D eigenvalue weighted by atomic mass is 16.5. The number of hydrogen-bond donors (Lipinski definition) is 1. The van der Waals surface area contributed by atoms with Gasteiger partial charge in [-0.05, 0) is 49.2 Å². The van der Waals surface area contributed by atoms with E-state index in [1.54, 1.807) is 18.2 Å². The molecule has 158 valence electrons. The number of amides is 2. The van der Waals surface area contributed by atoms with Gasteiger partial charge in [0.1, 0.15) is 5.75 Å². The Morgan fingerprint density at radius 1 is 1.03 bits per heavy atom. The molecule has 2 aromatic carbocycles. The topological polar surface area (TPSA) is 85.5 Å². The van der Waals surface area contributed by atoms with Crippen LogP contribution < -0.4 is 10.5 Å². The SMILES string of the molecule is NC(=O)c1cccc(-c2cccc([C@H]3CCCN(C(=O)COc4ccccc4)C3)n2)c1. The highest BCUT2D eigenvalue weighted by Gasteiger charge is 2.26. The minimum Gasteiger partial charge on any atom is -0.484 e. The van der Waals surface area contributed by atoms with Gasteiger partial charge in [-0.3, -0.25) is 14.6 Å². The number of aromatic nitrogens is 1. The maximum absolute atomic E-state index is 12.7. The van der Waals surface area contributed by atoms with Crippen molar-refractivity contribution < 1.29 is 14.3 Å². The van der Waals surface area contributed by atoms with Gasteiger partial charge < -0.3 is 15.4 Å². The zero-order valence-electron chi connectivity index (χ0n) is 17.2. The number of para-hydroxylation sites is 1. The Labute approximate surface area is 181 Å². The van der Waals surface area contributed by atoms with Gasteiger partial charge in [-0.25, -0.2) is 0 Å². The number of ether oxygens (including phenoxy) is 1. The van der Waals surface area contributed by atoms with Gasteiger partial charge in [0, 0.05) is 35.8 Å². The molecular weight excluding hydrogens is 390 g/mol. The summed E-state index contributed by atoms with van der Waals surface area (Å²) in [6.07, 6.45) is 1.89. The van der Waals surface area contributed by atoms with Crippen LogP contribution in [0.4, 0.5) is 0 Å². The number of likely N-dealkylation sites (tertiary alicyclic amines) is 1. The van der Waals surface area contributed by atoms with Crippen molar-refractivity contribution in [3.63, 3.8) is 0 Å². The zero-order valence-corrected chi connectivity index (χ0v) is 17.2. The van der Waals surface area contributed by atoms with E-state index in [0.29, 0.717) is 17.9 Å². The van der Waals surface area contributed by atoms with Crippen LogP contribution in [0.1, 0.15) is 34.8 Å². The lowest BCUT2D eigenvalue weighted by Gasteiger charge is -2.32. The molecule has 3 aromatic rings. The third-order valence-electron chi connectivity index (χ3n) is 5.51. The average Bonchev–Trinajstić information content (AvgIpc) is 2.83. The molecule has 0 saturated carbocycles. The van der Waals surface area contributed by atoms with E-state index in [0.717, 1.165) is 36.3 Å². The largest absolute Gasteiger partial charge is 0.484 e. The zero-order chi connectivity index (χ0) is 21.6. The summed E-state index contributed by atoms with van der Waals surface area (Å²) in [5.74, 6) is 0.377. The molecule has 0 bridgehead atoms. The molecular formula is C25H25N3O3. The number of rotatable bonds is 6. The maximum Gasteiger partial charge on any atom is 0.260 e. The molecule has 4 rings (SSSR count). The molecule has 6 heteroatoms. The molecule has 1 atom stereocenters. The maximum atomic E-state index is 12.7. The van der Waals surface area contributed by atoms with Crippen LogP contribution in [-0.4, -0.2) is 41.4 Å².